The number of phenols is 1. The third kappa shape index (κ3) is 6.18. The Morgan fingerprint density at radius 2 is 1.59 bits per heavy atom. The van der Waals surface area contributed by atoms with Gasteiger partial charge in [0.05, 0.1) is 20.9 Å². The van der Waals surface area contributed by atoms with Crippen molar-refractivity contribution in [3.05, 3.63) is 44.1 Å². The van der Waals surface area contributed by atoms with Crippen LogP contribution in [0.15, 0.2) is 24.3 Å². The minimum absolute atomic E-state index is 0.254. The average molecular weight is 819 g/mol. The summed E-state index contributed by atoms with van der Waals surface area (Å²) >= 11 is 8.56. The summed E-state index contributed by atoms with van der Waals surface area (Å²) in [5.41, 5.74) is 6.00. The summed E-state index contributed by atoms with van der Waals surface area (Å²) in [4.78, 5) is 12.0. The van der Waals surface area contributed by atoms with Crippen LogP contribution in [0.5, 0.6) is 17.2 Å². The second-order valence-electron chi connectivity index (χ2n) is 6.04. The topological polar surface area (TPSA) is 81.8 Å². The fraction of sp³-hybridized carbons (Fsp3) is 0.278. The van der Waals surface area contributed by atoms with Crippen molar-refractivity contribution >= 4 is 96.3 Å². The standard InChI is InChI=1S/C18H17I4NO4/c1-3-26-17(25)18(2,23)8-9-4-13(21)16(14(22)5-9)27-10-6-11(19)15(24)12(20)7-10/h4-7,24H,3,8,23H2,1-2H3/t18-/m0/s1. The highest BCUT2D eigenvalue weighted by atomic mass is 127. The summed E-state index contributed by atoms with van der Waals surface area (Å²) in [7, 11) is 0. The van der Waals surface area contributed by atoms with Crippen molar-refractivity contribution in [3.63, 3.8) is 0 Å². The number of benzene rings is 2. The Bertz CT molecular complexity index is 824. The van der Waals surface area contributed by atoms with Crippen LogP contribution >= 0.6 is 90.4 Å². The molecule has 0 saturated heterocycles. The number of carbonyl (C=O) groups excluding carboxylic acids is 1. The molecular formula is C18H17I4NO4. The van der Waals surface area contributed by atoms with Gasteiger partial charge in [-0.1, -0.05) is 0 Å². The van der Waals surface area contributed by atoms with Gasteiger partial charge in [-0.05, 0) is 134 Å². The molecule has 0 aromatic heterocycles. The van der Waals surface area contributed by atoms with Crippen LogP contribution in [0.1, 0.15) is 19.4 Å². The molecule has 0 unspecified atom stereocenters. The highest BCUT2D eigenvalue weighted by Gasteiger charge is 2.30. The minimum atomic E-state index is -1.09. The van der Waals surface area contributed by atoms with Crippen LogP contribution in [-0.2, 0) is 16.0 Å². The van der Waals surface area contributed by atoms with E-state index in [0.717, 1.165) is 25.6 Å². The SMILES string of the molecule is CCOC(=O)[C@@](C)(N)Cc1cc(I)c(Oc2cc(I)c(O)c(I)c2)c(I)c1. The fourth-order valence-corrected chi connectivity index (χ4v) is 6.15. The van der Waals surface area contributed by atoms with Crippen molar-refractivity contribution in [1.29, 1.82) is 0 Å². The Kier molecular flexibility index (Phi) is 8.70. The van der Waals surface area contributed by atoms with Crippen molar-refractivity contribution in [2.75, 3.05) is 6.61 Å². The highest BCUT2D eigenvalue weighted by molar-refractivity contribution is 14.1. The zero-order valence-electron chi connectivity index (χ0n) is 14.5. The summed E-state index contributed by atoms with van der Waals surface area (Å²) < 4.78 is 14.4. The highest BCUT2D eigenvalue weighted by Crippen LogP contribution is 2.37. The number of nitrogens with two attached hydrogens (primary N) is 1. The lowest BCUT2D eigenvalue weighted by Gasteiger charge is -2.23. The number of hydrogen-bond acceptors (Lipinski definition) is 5. The number of aromatic hydroxyl groups is 1. The van der Waals surface area contributed by atoms with Gasteiger partial charge in [0.1, 0.15) is 17.0 Å². The molecule has 0 saturated carbocycles. The van der Waals surface area contributed by atoms with Crippen LogP contribution in [0, 0.1) is 14.3 Å². The maximum atomic E-state index is 12.0. The molecule has 0 aliphatic rings. The van der Waals surface area contributed by atoms with Crippen LogP contribution in [0.4, 0.5) is 0 Å². The van der Waals surface area contributed by atoms with Gasteiger partial charge in [0.2, 0.25) is 0 Å². The fourth-order valence-electron chi connectivity index (χ4n) is 2.32. The first kappa shape index (κ1) is 23.7. The first-order valence-electron chi connectivity index (χ1n) is 7.85. The molecule has 0 fully saturated rings. The van der Waals surface area contributed by atoms with Gasteiger partial charge < -0.3 is 20.3 Å². The summed E-state index contributed by atoms with van der Waals surface area (Å²) in [6.45, 7) is 3.74. The van der Waals surface area contributed by atoms with Gasteiger partial charge >= 0.3 is 5.97 Å². The lowest BCUT2D eigenvalue weighted by Crippen LogP contribution is -2.48. The maximum Gasteiger partial charge on any atom is 0.326 e. The maximum absolute atomic E-state index is 12.0. The normalized spacial score (nSPS) is 13.1. The molecule has 0 radical (unpaired) electrons. The van der Waals surface area contributed by atoms with E-state index < -0.39 is 11.5 Å². The van der Waals surface area contributed by atoms with Gasteiger partial charge in [-0.25, -0.2) is 0 Å². The number of phenolic OH excluding ortho intramolecular Hbond substituents is 1. The van der Waals surface area contributed by atoms with Crippen molar-refractivity contribution in [2.45, 2.75) is 25.8 Å². The summed E-state index contributed by atoms with van der Waals surface area (Å²) in [5.74, 6) is 1.22. The molecule has 0 heterocycles. The van der Waals surface area contributed by atoms with Crippen molar-refractivity contribution in [1.82, 2.24) is 0 Å². The second-order valence-corrected chi connectivity index (χ2v) is 10.7. The molecule has 2 aromatic carbocycles. The number of hydrogen-bond donors (Lipinski definition) is 2. The Balaban J connectivity index is 2.28. The Labute approximate surface area is 212 Å². The van der Waals surface area contributed by atoms with E-state index >= 15 is 0 Å². The third-order valence-corrected chi connectivity index (χ3v) is 6.83. The Hall–Kier alpha value is 0.390. The summed E-state index contributed by atoms with van der Waals surface area (Å²) in [6, 6.07) is 7.49. The smallest absolute Gasteiger partial charge is 0.326 e. The molecule has 0 aliphatic carbocycles. The lowest BCUT2D eigenvalue weighted by molar-refractivity contribution is -0.148. The molecule has 0 spiro atoms. The van der Waals surface area contributed by atoms with Crippen LogP contribution in [0.3, 0.4) is 0 Å². The van der Waals surface area contributed by atoms with Gasteiger partial charge in [-0.2, -0.15) is 0 Å². The molecule has 0 amide bonds. The summed E-state index contributed by atoms with van der Waals surface area (Å²) in [6.07, 6.45) is 0.368. The predicted molar refractivity (Wildman–Crippen MR) is 138 cm³/mol. The monoisotopic (exact) mass is 819 g/mol. The number of rotatable bonds is 6. The average Bonchev–Trinajstić information content (AvgIpc) is 2.55. The molecule has 9 heteroatoms. The number of esters is 1. The van der Waals surface area contributed by atoms with Gasteiger partial charge in [0.25, 0.3) is 0 Å². The molecule has 1 atom stereocenters. The van der Waals surface area contributed by atoms with Crippen LogP contribution < -0.4 is 10.5 Å². The molecule has 3 N–H and O–H groups in total. The largest absolute Gasteiger partial charge is 0.506 e. The van der Waals surface area contributed by atoms with Crippen molar-refractivity contribution in [3.8, 4) is 17.2 Å². The molecule has 146 valence electrons. The van der Waals surface area contributed by atoms with E-state index in [4.69, 9.17) is 15.2 Å². The first-order valence-corrected chi connectivity index (χ1v) is 12.2. The second kappa shape index (κ2) is 9.93. The zero-order chi connectivity index (χ0) is 20.4. The van der Waals surface area contributed by atoms with E-state index in [9.17, 15) is 9.90 Å². The number of halogens is 4. The van der Waals surface area contributed by atoms with Gasteiger partial charge in [0, 0.05) is 6.42 Å². The molecule has 5 nitrogen and oxygen atoms in total. The quantitative estimate of drug-likeness (QED) is 0.301. The van der Waals surface area contributed by atoms with E-state index in [1.54, 1.807) is 26.0 Å². The number of ether oxygens (including phenoxy) is 2. The molecule has 27 heavy (non-hydrogen) atoms. The molecule has 2 rings (SSSR count). The van der Waals surface area contributed by atoms with E-state index in [1.807, 2.05) is 12.1 Å². The van der Waals surface area contributed by atoms with E-state index in [0.29, 0.717) is 18.8 Å². The van der Waals surface area contributed by atoms with Gasteiger partial charge in [-0.15, -0.1) is 0 Å². The van der Waals surface area contributed by atoms with Crippen LogP contribution in [0.25, 0.3) is 0 Å². The Morgan fingerprint density at radius 1 is 1.07 bits per heavy atom. The van der Waals surface area contributed by atoms with Crippen molar-refractivity contribution in [2.24, 2.45) is 5.73 Å². The van der Waals surface area contributed by atoms with Crippen LogP contribution in [-0.4, -0.2) is 23.2 Å². The molecule has 0 aliphatic heterocycles. The first-order chi connectivity index (χ1) is 12.5. The summed E-state index contributed by atoms with van der Waals surface area (Å²) in [5, 5.41) is 9.91. The lowest BCUT2D eigenvalue weighted by atomic mass is 9.94. The van der Waals surface area contributed by atoms with E-state index in [2.05, 4.69) is 90.4 Å². The number of carbonyl (C=O) groups is 1. The third-order valence-electron chi connectivity index (χ3n) is 3.58. The predicted octanol–water partition coefficient (Wildman–Crippen LogP) is 5.43. The Morgan fingerprint density at radius 3 is 2.07 bits per heavy atom. The molecular weight excluding hydrogens is 802 g/mol. The molecule has 0 bridgehead atoms. The van der Waals surface area contributed by atoms with Gasteiger partial charge in [0.15, 0.2) is 5.75 Å². The van der Waals surface area contributed by atoms with E-state index in [-0.39, 0.29) is 5.75 Å². The molecule has 2 aromatic rings. The van der Waals surface area contributed by atoms with Crippen molar-refractivity contribution < 1.29 is 19.4 Å². The van der Waals surface area contributed by atoms with Crippen LogP contribution in [0.2, 0.25) is 0 Å². The minimum Gasteiger partial charge on any atom is -0.506 e. The van der Waals surface area contributed by atoms with E-state index in [1.165, 1.54) is 0 Å². The van der Waals surface area contributed by atoms with Gasteiger partial charge in [-0.3, -0.25) is 4.79 Å². The zero-order valence-corrected chi connectivity index (χ0v) is 23.1.